The number of rotatable bonds is 5. The summed E-state index contributed by atoms with van der Waals surface area (Å²) < 4.78 is 11.5. The van der Waals surface area contributed by atoms with Gasteiger partial charge in [0.1, 0.15) is 11.3 Å². The maximum Gasteiger partial charge on any atom is 0.339 e. The van der Waals surface area contributed by atoms with Gasteiger partial charge >= 0.3 is 5.97 Å². The summed E-state index contributed by atoms with van der Waals surface area (Å²) in [6.07, 6.45) is 0.623. The number of amides is 1. The molecule has 7 nitrogen and oxygen atoms in total. The van der Waals surface area contributed by atoms with Crippen LogP contribution >= 0.6 is 0 Å². The van der Waals surface area contributed by atoms with E-state index in [-0.39, 0.29) is 0 Å². The molecule has 5 rings (SSSR count). The number of hydrogen-bond acceptors (Lipinski definition) is 6. The molecule has 3 aromatic carbocycles. The molecule has 0 aliphatic heterocycles. The first-order chi connectivity index (χ1) is 16.5. The number of fused-ring (bicyclic) bond motifs is 2. The van der Waals surface area contributed by atoms with Gasteiger partial charge in [0, 0.05) is 17.1 Å². The van der Waals surface area contributed by atoms with Gasteiger partial charge in [-0.2, -0.15) is 0 Å². The third-order valence-corrected chi connectivity index (χ3v) is 5.46. The molecular formula is C27H21N3O4. The molecule has 2 aromatic heterocycles. The fraction of sp³-hybridized carbons (Fsp3) is 0.111. The lowest BCUT2D eigenvalue weighted by Crippen LogP contribution is -2.30. The lowest BCUT2D eigenvalue weighted by molar-refractivity contribution is -0.123. The Morgan fingerprint density at radius 2 is 1.76 bits per heavy atom. The van der Waals surface area contributed by atoms with Gasteiger partial charge in [0.25, 0.3) is 5.91 Å². The van der Waals surface area contributed by atoms with Crippen LogP contribution in [0.5, 0.6) is 0 Å². The Bertz CT molecular complexity index is 1480. The number of nitrogens with one attached hydrogen (secondary N) is 1. The van der Waals surface area contributed by atoms with Gasteiger partial charge in [-0.25, -0.2) is 14.8 Å². The molecule has 1 unspecified atom stereocenters. The molecule has 0 saturated heterocycles. The number of hydrogen-bond donors (Lipinski definition) is 1. The summed E-state index contributed by atoms with van der Waals surface area (Å²) in [5.74, 6) is -0.289. The number of oxazole rings is 1. The fourth-order valence-corrected chi connectivity index (χ4v) is 3.72. The van der Waals surface area contributed by atoms with E-state index in [9.17, 15) is 9.59 Å². The monoisotopic (exact) mass is 451 g/mol. The van der Waals surface area contributed by atoms with Crippen LogP contribution in [-0.4, -0.2) is 27.9 Å². The average Bonchev–Trinajstić information content (AvgIpc) is 3.28. The zero-order valence-electron chi connectivity index (χ0n) is 18.6. The second kappa shape index (κ2) is 8.78. The summed E-state index contributed by atoms with van der Waals surface area (Å²) in [6.45, 7) is 3.43. The molecule has 2 heterocycles. The summed E-state index contributed by atoms with van der Waals surface area (Å²) in [7, 11) is 0. The number of aryl methyl sites for hydroxylation is 1. The number of pyridine rings is 1. The summed E-state index contributed by atoms with van der Waals surface area (Å²) in [4.78, 5) is 34.5. The Balaban J connectivity index is 1.45. The van der Waals surface area contributed by atoms with Crippen LogP contribution in [0.2, 0.25) is 0 Å². The maximum atomic E-state index is 13.2. The number of carbonyl (C=O) groups is 2. The van der Waals surface area contributed by atoms with Crippen molar-refractivity contribution in [3.05, 3.63) is 90.1 Å². The number of anilines is 1. The molecule has 0 radical (unpaired) electrons. The minimum Gasteiger partial charge on any atom is -0.449 e. The van der Waals surface area contributed by atoms with Gasteiger partial charge in [0.2, 0.25) is 5.89 Å². The highest BCUT2D eigenvalue weighted by molar-refractivity contribution is 6.10. The molecule has 0 spiro atoms. The number of benzene rings is 3. The lowest BCUT2D eigenvalue weighted by Gasteiger charge is -2.15. The van der Waals surface area contributed by atoms with E-state index in [4.69, 9.17) is 9.15 Å². The first-order valence-electron chi connectivity index (χ1n) is 10.8. The zero-order chi connectivity index (χ0) is 23.7. The predicted octanol–water partition coefficient (Wildman–Crippen LogP) is 5.54. The Morgan fingerprint density at radius 3 is 2.53 bits per heavy atom. The molecule has 5 aromatic rings. The Hall–Kier alpha value is -4.52. The molecule has 168 valence electrons. The number of aromatic nitrogens is 2. The second-order valence-electron chi connectivity index (χ2n) is 7.95. The van der Waals surface area contributed by atoms with Crippen molar-refractivity contribution in [3.8, 4) is 11.5 Å². The van der Waals surface area contributed by atoms with E-state index >= 15 is 0 Å². The number of para-hydroxylation sites is 2. The highest BCUT2D eigenvalue weighted by Crippen LogP contribution is 2.33. The fourth-order valence-electron chi connectivity index (χ4n) is 3.72. The van der Waals surface area contributed by atoms with Gasteiger partial charge in [-0.15, -0.1) is 0 Å². The molecule has 0 bridgehead atoms. The van der Waals surface area contributed by atoms with Crippen LogP contribution in [0.1, 0.15) is 22.8 Å². The number of nitrogens with zero attached hydrogens (tertiary/aromatic N) is 2. The number of carbonyl (C=O) groups excluding carboxylic acids is 2. The van der Waals surface area contributed by atoms with Gasteiger partial charge < -0.3 is 14.5 Å². The van der Waals surface area contributed by atoms with E-state index in [1.54, 1.807) is 24.4 Å². The normalized spacial score (nSPS) is 11.9. The van der Waals surface area contributed by atoms with Crippen molar-refractivity contribution >= 4 is 39.6 Å². The minimum atomic E-state index is -1.03. The zero-order valence-corrected chi connectivity index (χ0v) is 18.6. The molecular weight excluding hydrogens is 430 g/mol. The highest BCUT2D eigenvalue weighted by Gasteiger charge is 2.23. The quantitative estimate of drug-likeness (QED) is 0.353. The van der Waals surface area contributed by atoms with E-state index in [1.807, 2.05) is 61.5 Å². The van der Waals surface area contributed by atoms with Crippen molar-refractivity contribution in [2.45, 2.75) is 20.0 Å². The van der Waals surface area contributed by atoms with E-state index in [1.165, 1.54) is 6.92 Å². The highest BCUT2D eigenvalue weighted by atomic mass is 16.5. The average molecular weight is 451 g/mol. The van der Waals surface area contributed by atoms with E-state index in [2.05, 4.69) is 15.3 Å². The summed E-state index contributed by atoms with van der Waals surface area (Å²) in [6, 6.07) is 22.0. The largest absolute Gasteiger partial charge is 0.449 e. The first kappa shape index (κ1) is 21.3. The van der Waals surface area contributed by atoms with Gasteiger partial charge in [-0.3, -0.25) is 4.79 Å². The molecule has 1 amide bonds. The summed E-state index contributed by atoms with van der Waals surface area (Å²) in [5, 5.41) is 4.14. The van der Waals surface area contributed by atoms with E-state index in [0.29, 0.717) is 33.8 Å². The molecule has 1 atom stereocenters. The van der Waals surface area contributed by atoms with Crippen molar-refractivity contribution in [3.63, 3.8) is 0 Å². The SMILES string of the molecule is Cc1ccc(NC(=O)C(C)OC(=O)c2cccc3cccc(-c4nc5ccccc5o4)c23)nc1. The predicted molar refractivity (Wildman–Crippen MR) is 129 cm³/mol. The number of esters is 1. The molecule has 0 aliphatic rings. The Morgan fingerprint density at radius 1 is 0.971 bits per heavy atom. The van der Waals surface area contributed by atoms with Gasteiger partial charge in [-0.05, 0) is 55.1 Å². The van der Waals surface area contributed by atoms with Crippen molar-refractivity contribution in [2.75, 3.05) is 5.32 Å². The maximum absolute atomic E-state index is 13.2. The lowest BCUT2D eigenvalue weighted by atomic mass is 9.99. The van der Waals surface area contributed by atoms with Crippen molar-refractivity contribution in [2.24, 2.45) is 0 Å². The Labute approximate surface area is 195 Å². The third kappa shape index (κ3) is 4.11. The van der Waals surface area contributed by atoms with Crippen molar-refractivity contribution < 1.29 is 18.7 Å². The van der Waals surface area contributed by atoms with Crippen molar-refractivity contribution in [1.29, 1.82) is 0 Å². The van der Waals surface area contributed by atoms with Crippen LogP contribution < -0.4 is 5.32 Å². The van der Waals surface area contributed by atoms with Crippen LogP contribution in [0.3, 0.4) is 0 Å². The summed E-state index contributed by atoms with van der Waals surface area (Å²) in [5.41, 5.74) is 3.35. The van der Waals surface area contributed by atoms with Crippen LogP contribution in [0.4, 0.5) is 5.82 Å². The van der Waals surface area contributed by atoms with Crippen LogP contribution in [0.15, 0.2) is 83.4 Å². The molecule has 34 heavy (non-hydrogen) atoms. The molecule has 0 saturated carbocycles. The summed E-state index contributed by atoms with van der Waals surface area (Å²) >= 11 is 0. The smallest absolute Gasteiger partial charge is 0.339 e. The molecule has 0 fully saturated rings. The first-order valence-corrected chi connectivity index (χ1v) is 10.8. The molecule has 7 heteroatoms. The minimum absolute atomic E-state index is 0.323. The van der Waals surface area contributed by atoms with Gasteiger partial charge in [0.05, 0.1) is 5.56 Å². The van der Waals surface area contributed by atoms with E-state index < -0.39 is 18.0 Å². The van der Waals surface area contributed by atoms with Crippen LogP contribution in [0, 0.1) is 6.92 Å². The van der Waals surface area contributed by atoms with Crippen molar-refractivity contribution in [1.82, 2.24) is 9.97 Å². The number of ether oxygens (including phenoxy) is 1. The standard InChI is InChI=1S/C27H21N3O4/c1-16-13-14-23(28-15-16)30-25(31)17(2)33-27(32)20-10-6-8-18-7-5-9-19(24(18)20)26-29-21-11-3-4-12-22(21)34-26/h3-15,17H,1-2H3,(H,28,30,31). The third-order valence-electron chi connectivity index (χ3n) is 5.46. The van der Waals surface area contributed by atoms with Gasteiger partial charge in [-0.1, -0.05) is 42.5 Å². The van der Waals surface area contributed by atoms with Gasteiger partial charge in [0.15, 0.2) is 11.7 Å². The molecule has 0 aliphatic carbocycles. The molecule has 1 N–H and O–H groups in total. The van der Waals surface area contributed by atoms with Crippen LogP contribution in [0.25, 0.3) is 33.3 Å². The Kier molecular flexibility index (Phi) is 5.51. The topological polar surface area (TPSA) is 94.3 Å². The second-order valence-corrected chi connectivity index (χ2v) is 7.95. The van der Waals surface area contributed by atoms with E-state index in [0.717, 1.165) is 16.5 Å². The van der Waals surface area contributed by atoms with Crippen LogP contribution in [-0.2, 0) is 9.53 Å².